The summed E-state index contributed by atoms with van der Waals surface area (Å²) in [5.41, 5.74) is 1.12. The highest BCUT2D eigenvalue weighted by Gasteiger charge is 2.22. The Balaban J connectivity index is 2.06. The molecule has 0 amide bonds. The highest BCUT2D eigenvalue weighted by atomic mass is 15.2. The third kappa shape index (κ3) is 2.72. The second-order valence-electron chi connectivity index (χ2n) is 5.22. The Morgan fingerprint density at radius 2 is 2.28 bits per heavy atom. The fourth-order valence-electron chi connectivity index (χ4n) is 2.73. The molecule has 5 nitrogen and oxygen atoms in total. The average Bonchev–Trinajstić information content (AvgIpc) is 2.75. The summed E-state index contributed by atoms with van der Waals surface area (Å²) in [6.45, 7) is 5.53. The van der Waals surface area contributed by atoms with Crippen LogP contribution in [0.2, 0.25) is 0 Å². The van der Waals surface area contributed by atoms with Gasteiger partial charge < -0.3 is 15.1 Å². The zero-order valence-electron chi connectivity index (χ0n) is 11.8. The van der Waals surface area contributed by atoms with E-state index in [9.17, 15) is 0 Å². The van der Waals surface area contributed by atoms with Crippen molar-refractivity contribution in [3.63, 3.8) is 0 Å². The van der Waals surface area contributed by atoms with E-state index in [1.54, 1.807) is 6.33 Å². The summed E-state index contributed by atoms with van der Waals surface area (Å²) in [4.78, 5) is 13.3. The van der Waals surface area contributed by atoms with E-state index in [4.69, 9.17) is 0 Å². The van der Waals surface area contributed by atoms with Crippen molar-refractivity contribution in [3.8, 4) is 0 Å². The number of anilines is 2. The van der Waals surface area contributed by atoms with Gasteiger partial charge in [-0.05, 0) is 32.9 Å². The standard InChI is InChI=1S/C13H23N5/c1-10-12(14-2)15-9-16-13(10)18(4)8-11-5-6-17(3)7-11/h9,11H,5-8H2,1-4H3,(H,14,15,16). The van der Waals surface area contributed by atoms with Gasteiger partial charge in [-0.1, -0.05) is 0 Å². The van der Waals surface area contributed by atoms with Crippen LogP contribution in [-0.2, 0) is 0 Å². The maximum absolute atomic E-state index is 4.41. The van der Waals surface area contributed by atoms with Gasteiger partial charge in [-0.2, -0.15) is 0 Å². The molecule has 18 heavy (non-hydrogen) atoms. The third-order valence-electron chi connectivity index (χ3n) is 3.68. The van der Waals surface area contributed by atoms with Gasteiger partial charge in [0, 0.05) is 32.7 Å². The average molecular weight is 249 g/mol. The minimum atomic E-state index is 0.743. The number of nitrogens with zero attached hydrogens (tertiary/aromatic N) is 4. The second-order valence-corrected chi connectivity index (χ2v) is 5.22. The van der Waals surface area contributed by atoms with Crippen LogP contribution in [0.25, 0.3) is 0 Å². The van der Waals surface area contributed by atoms with E-state index in [1.165, 1.54) is 19.5 Å². The Bertz CT molecular complexity index is 406. The molecular weight excluding hydrogens is 226 g/mol. The van der Waals surface area contributed by atoms with Crippen molar-refractivity contribution >= 4 is 11.6 Å². The van der Waals surface area contributed by atoms with E-state index in [1.807, 2.05) is 7.05 Å². The number of nitrogens with one attached hydrogen (secondary N) is 1. The van der Waals surface area contributed by atoms with Gasteiger partial charge in [0.15, 0.2) is 0 Å². The number of likely N-dealkylation sites (tertiary alicyclic amines) is 1. The maximum Gasteiger partial charge on any atom is 0.136 e. The summed E-state index contributed by atoms with van der Waals surface area (Å²) in [7, 11) is 6.20. The Kier molecular flexibility index (Phi) is 4.01. The predicted octanol–water partition coefficient (Wildman–Crippen LogP) is 1.21. The van der Waals surface area contributed by atoms with Crippen LogP contribution < -0.4 is 10.2 Å². The highest BCUT2D eigenvalue weighted by Crippen LogP contribution is 2.23. The first-order valence-corrected chi connectivity index (χ1v) is 6.51. The monoisotopic (exact) mass is 249 g/mol. The van der Waals surface area contributed by atoms with Gasteiger partial charge >= 0.3 is 0 Å². The molecular formula is C13H23N5. The van der Waals surface area contributed by atoms with E-state index >= 15 is 0 Å². The maximum atomic E-state index is 4.41. The van der Waals surface area contributed by atoms with Crippen LogP contribution in [0.15, 0.2) is 6.33 Å². The van der Waals surface area contributed by atoms with Crippen LogP contribution in [0.1, 0.15) is 12.0 Å². The molecule has 5 heteroatoms. The first-order valence-electron chi connectivity index (χ1n) is 6.51. The predicted molar refractivity (Wildman–Crippen MR) is 75.2 cm³/mol. The SMILES string of the molecule is CNc1ncnc(N(C)CC2CCN(C)C2)c1C. The molecule has 2 heterocycles. The lowest BCUT2D eigenvalue weighted by Gasteiger charge is -2.24. The quantitative estimate of drug-likeness (QED) is 0.869. The molecule has 0 aromatic carbocycles. The molecule has 1 aliphatic heterocycles. The van der Waals surface area contributed by atoms with Gasteiger partial charge in [0.25, 0.3) is 0 Å². The molecule has 2 rings (SSSR count). The zero-order valence-corrected chi connectivity index (χ0v) is 11.8. The number of rotatable bonds is 4. The lowest BCUT2D eigenvalue weighted by atomic mass is 10.1. The fraction of sp³-hybridized carbons (Fsp3) is 0.692. The molecule has 1 N–H and O–H groups in total. The Morgan fingerprint density at radius 3 is 2.89 bits per heavy atom. The fourth-order valence-corrected chi connectivity index (χ4v) is 2.73. The Labute approximate surface area is 109 Å². The van der Waals surface area contributed by atoms with Crippen LogP contribution in [-0.4, -0.2) is 55.6 Å². The van der Waals surface area contributed by atoms with Crippen LogP contribution in [0.5, 0.6) is 0 Å². The molecule has 1 fully saturated rings. The highest BCUT2D eigenvalue weighted by molar-refractivity contribution is 5.57. The molecule has 1 aliphatic rings. The Hall–Kier alpha value is -1.36. The smallest absolute Gasteiger partial charge is 0.136 e. The van der Waals surface area contributed by atoms with Crippen LogP contribution in [0, 0.1) is 12.8 Å². The van der Waals surface area contributed by atoms with Gasteiger partial charge in [0.1, 0.15) is 18.0 Å². The van der Waals surface area contributed by atoms with Crippen molar-refractivity contribution in [3.05, 3.63) is 11.9 Å². The Morgan fingerprint density at radius 1 is 1.50 bits per heavy atom. The van der Waals surface area contributed by atoms with Crippen molar-refractivity contribution in [2.75, 3.05) is 51.0 Å². The van der Waals surface area contributed by atoms with Gasteiger partial charge in [-0.25, -0.2) is 9.97 Å². The third-order valence-corrected chi connectivity index (χ3v) is 3.68. The molecule has 100 valence electrons. The number of hydrogen-bond acceptors (Lipinski definition) is 5. The summed E-state index contributed by atoms with van der Waals surface area (Å²) < 4.78 is 0. The van der Waals surface area contributed by atoms with Crippen molar-refractivity contribution in [2.45, 2.75) is 13.3 Å². The first-order chi connectivity index (χ1) is 8.61. The van der Waals surface area contributed by atoms with E-state index in [2.05, 4.69) is 46.1 Å². The number of aromatic nitrogens is 2. The van der Waals surface area contributed by atoms with E-state index < -0.39 is 0 Å². The van der Waals surface area contributed by atoms with Crippen molar-refractivity contribution in [2.24, 2.45) is 5.92 Å². The largest absolute Gasteiger partial charge is 0.373 e. The molecule has 0 spiro atoms. The minimum absolute atomic E-state index is 0.743. The first kappa shape index (κ1) is 13.1. The molecule has 0 radical (unpaired) electrons. The van der Waals surface area contributed by atoms with Gasteiger partial charge in [0.2, 0.25) is 0 Å². The van der Waals surface area contributed by atoms with Gasteiger partial charge in [-0.3, -0.25) is 0 Å². The second kappa shape index (κ2) is 5.52. The van der Waals surface area contributed by atoms with E-state index in [0.29, 0.717) is 0 Å². The van der Waals surface area contributed by atoms with Crippen molar-refractivity contribution in [1.82, 2.24) is 14.9 Å². The zero-order chi connectivity index (χ0) is 13.1. The lowest BCUT2D eigenvalue weighted by molar-refractivity contribution is 0.395. The van der Waals surface area contributed by atoms with Gasteiger partial charge in [-0.15, -0.1) is 0 Å². The van der Waals surface area contributed by atoms with Crippen LogP contribution in [0.3, 0.4) is 0 Å². The molecule has 0 bridgehead atoms. The van der Waals surface area contributed by atoms with E-state index in [-0.39, 0.29) is 0 Å². The molecule has 1 saturated heterocycles. The topological polar surface area (TPSA) is 44.3 Å². The lowest BCUT2D eigenvalue weighted by Crippen LogP contribution is -2.28. The number of hydrogen-bond donors (Lipinski definition) is 1. The van der Waals surface area contributed by atoms with Crippen molar-refractivity contribution < 1.29 is 0 Å². The molecule has 1 aromatic rings. The summed E-state index contributed by atoms with van der Waals surface area (Å²) >= 11 is 0. The summed E-state index contributed by atoms with van der Waals surface area (Å²) in [6.07, 6.45) is 2.91. The molecule has 0 saturated carbocycles. The van der Waals surface area contributed by atoms with E-state index in [0.717, 1.165) is 29.7 Å². The van der Waals surface area contributed by atoms with Gasteiger partial charge in [0.05, 0.1) is 0 Å². The summed E-state index contributed by atoms with van der Waals surface area (Å²) in [6, 6.07) is 0. The van der Waals surface area contributed by atoms with Crippen molar-refractivity contribution in [1.29, 1.82) is 0 Å². The minimum Gasteiger partial charge on any atom is -0.373 e. The molecule has 0 aliphatic carbocycles. The molecule has 1 atom stereocenters. The normalized spacial score (nSPS) is 20.1. The molecule has 1 aromatic heterocycles. The molecule has 1 unspecified atom stereocenters. The summed E-state index contributed by atoms with van der Waals surface area (Å²) in [5, 5.41) is 3.11. The van der Waals surface area contributed by atoms with Crippen LogP contribution in [0.4, 0.5) is 11.6 Å². The van der Waals surface area contributed by atoms with Crippen LogP contribution >= 0.6 is 0 Å². The summed E-state index contributed by atoms with van der Waals surface area (Å²) in [5.74, 6) is 2.69.